The second-order valence-electron chi connectivity index (χ2n) is 8.34. The Hall–Kier alpha value is -2.19. The molecule has 0 spiro atoms. The number of para-hydroxylation sites is 1. The quantitative estimate of drug-likeness (QED) is 0.331. The van der Waals surface area contributed by atoms with E-state index < -0.39 is 16.1 Å². The van der Waals surface area contributed by atoms with E-state index in [9.17, 15) is 4.55 Å². The van der Waals surface area contributed by atoms with Crippen LogP contribution < -0.4 is 4.72 Å². The van der Waals surface area contributed by atoms with Crippen LogP contribution in [-0.4, -0.2) is 19.4 Å². The van der Waals surface area contributed by atoms with Gasteiger partial charge in [0, 0.05) is 45.1 Å². The number of aromatic nitrogens is 2. The maximum atomic E-state index is 13.0. The van der Waals surface area contributed by atoms with Gasteiger partial charge in [-0.1, -0.05) is 41.6 Å². The molecule has 4 rings (SSSR count). The molecule has 31 heavy (non-hydrogen) atoms. The molecule has 2 aromatic heterocycles. The van der Waals surface area contributed by atoms with Gasteiger partial charge in [0.25, 0.3) is 0 Å². The molecule has 0 radical (unpaired) electrons. The maximum Gasteiger partial charge on any atom is 0.167 e. The van der Waals surface area contributed by atoms with Crippen LogP contribution in [0.2, 0.25) is 0 Å². The summed E-state index contributed by atoms with van der Waals surface area (Å²) in [6.07, 6.45) is 2.37. The molecule has 2 heterocycles. The summed E-state index contributed by atoms with van der Waals surface area (Å²) in [7, 11) is 0. The van der Waals surface area contributed by atoms with Crippen molar-refractivity contribution in [3.63, 3.8) is 0 Å². The maximum absolute atomic E-state index is 13.0. The second kappa shape index (κ2) is 9.12. The molecule has 2 unspecified atom stereocenters. The van der Waals surface area contributed by atoms with Crippen molar-refractivity contribution in [3.05, 3.63) is 82.6 Å². The lowest BCUT2D eigenvalue weighted by Gasteiger charge is -2.29. The summed E-state index contributed by atoms with van der Waals surface area (Å²) < 4.78 is 22.5. The molecule has 0 aliphatic carbocycles. The summed E-state index contributed by atoms with van der Waals surface area (Å²) in [5, 5.41) is 5.31. The molecular weight excluding hydrogens is 474 g/mol. The largest absolute Gasteiger partial charge is 0.598 e. The molecule has 5 nitrogen and oxygen atoms in total. The standard InChI is InChI=1S/C24H24BrN3O2S/c1-24(2,3)31(29)28-21(14-17-13-12-16(25)15-26-17)18-8-4-5-9-19(18)23-20-10-6-7-11-22(20)30-27-23/h4-13,15,21,28H,14H2,1-3H3. The van der Waals surface area contributed by atoms with Crippen molar-refractivity contribution in [3.8, 4) is 11.3 Å². The van der Waals surface area contributed by atoms with E-state index >= 15 is 0 Å². The zero-order chi connectivity index (χ0) is 22.0. The Morgan fingerprint density at radius 2 is 1.81 bits per heavy atom. The molecular formula is C24H24BrN3O2S. The first-order valence-corrected chi connectivity index (χ1v) is 12.0. The Morgan fingerprint density at radius 1 is 1.06 bits per heavy atom. The third-order valence-corrected chi connectivity index (χ3v) is 7.06. The van der Waals surface area contributed by atoms with Gasteiger partial charge < -0.3 is 9.08 Å². The van der Waals surface area contributed by atoms with Crippen molar-refractivity contribution in [1.29, 1.82) is 0 Å². The van der Waals surface area contributed by atoms with Crippen LogP contribution in [0.1, 0.15) is 38.1 Å². The second-order valence-corrected chi connectivity index (χ2v) is 11.3. The minimum absolute atomic E-state index is 0.222. The number of benzene rings is 2. The Morgan fingerprint density at radius 3 is 2.55 bits per heavy atom. The first-order chi connectivity index (χ1) is 14.8. The molecule has 2 aromatic carbocycles. The van der Waals surface area contributed by atoms with Gasteiger partial charge in [0.05, 0.1) is 6.04 Å². The van der Waals surface area contributed by atoms with Crippen molar-refractivity contribution in [2.75, 3.05) is 0 Å². The van der Waals surface area contributed by atoms with Crippen LogP contribution in [0, 0.1) is 0 Å². The molecule has 0 fully saturated rings. The van der Waals surface area contributed by atoms with E-state index in [0.29, 0.717) is 6.42 Å². The highest BCUT2D eigenvalue weighted by atomic mass is 79.9. The third kappa shape index (κ3) is 5.01. The third-order valence-electron chi connectivity index (χ3n) is 4.98. The number of nitrogens with one attached hydrogen (secondary N) is 1. The van der Waals surface area contributed by atoms with E-state index in [1.54, 1.807) is 6.20 Å². The first-order valence-electron chi connectivity index (χ1n) is 10.0. The molecule has 0 bridgehead atoms. The first kappa shape index (κ1) is 22.0. The fourth-order valence-electron chi connectivity index (χ4n) is 3.35. The fourth-order valence-corrected chi connectivity index (χ4v) is 4.41. The molecule has 160 valence electrons. The summed E-state index contributed by atoms with van der Waals surface area (Å²) >= 11 is 2.18. The van der Waals surface area contributed by atoms with Crippen LogP contribution in [0.4, 0.5) is 0 Å². The van der Waals surface area contributed by atoms with Crippen molar-refractivity contribution >= 4 is 38.3 Å². The van der Waals surface area contributed by atoms with E-state index in [4.69, 9.17) is 4.52 Å². The van der Waals surface area contributed by atoms with Crippen LogP contribution in [0.25, 0.3) is 22.2 Å². The van der Waals surface area contributed by atoms with E-state index in [1.165, 1.54) is 0 Å². The molecule has 7 heteroatoms. The van der Waals surface area contributed by atoms with E-state index in [0.717, 1.165) is 38.0 Å². The van der Waals surface area contributed by atoms with Gasteiger partial charge in [-0.25, -0.2) is 0 Å². The summed E-state index contributed by atoms with van der Waals surface area (Å²) in [5.41, 5.74) is 4.39. The SMILES string of the molecule is CC(C)(C)[S+]([O-])NC(Cc1ccc(Br)cn1)c1ccccc1-c1noc2ccccc12. The van der Waals surface area contributed by atoms with Crippen LogP contribution in [0.15, 0.2) is 75.9 Å². The number of fused-ring (bicyclic) bond motifs is 1. The van der Waals surface area contributed by atoms with Crippen LogP contribution in [0.3, 0.4) is 0 Å². The number of hydrogen-bond donors (Lipinski definition) is 1. The lowest BCUT2D eigenvalue weighted by molar-refractivity contribution is 0.459. The van der Waals surface area contributed by atoms with Crippen LogP contribution in [0.5, 0.6) is 0 Å². The Kier molecular flexibility index (Phi) is 6.48. The zero-order valence-electron chi connectivity index (χ0n) is 17.6. The van der Waals surface area contributed by atoms with E-state index in [2.05, 4.69) is 36.9 Å². The van der Waals surface area contributed by atoms with E-state index in [1.807, 2.05) is 75.4 Å². The predicted octanol–water partition coefficient (Wildman–Crippen LogP) is 5.99. The highest BCUT2D eigenvalue weighted by molar-refractivity contribution is 9.10. The van der Waals surface area contributed by atoms with E-state index in [-0.39, 0.29) is 6.04 Å². The lowest BCUT2D eigenvalue weighted by atomic mass is 9.94. The summed E-state index contributed by atoms with van der Waals surface area (Å²) in [4.78, 5) is 4.54. The van der Waals surface area contributed by atoms with Crippen molar-refractivity contribution in [2.24, 2.45) is 0 Å². The number of nitrogens with zero attached hydrogens (tertiary/aromatic N) is 2. The molecule has 0 aliphatic rings. The summed E-state index contributed by atoms with van der Waals surface area (Å²) in [5.74, 6) is 0. The summed E-state index contributed by atoms with van der Waals surface area (Å²) in [6.45, 7) is 5.88. The molecule has 0 saturated heterocycles. The number of rotatable bonds is 6. The highest BCUT2D eigenvalue weighted by Gasteiger charge is 2.31. The fraction of sp³-hybridized carbons (Fsp3) is 0.250. The number of halogens is 1. The normalized spacial score (nSPS) is 14.0. The Balaban J connectivity index is 1.78. The average molecular weight is 498 g/mol. The Labute approximate surface area is 193 Å². The topological polar surface area (TPSA) is 74.0 Å². The van der Waals surface area contributed by atoms with Gasteiger partial charge in [0.2, 0.25) is 0 Å². The Bertz CT molecular complexity index is 1170. The zero-order valence-corrected chi connectivity index (χ0v) is 20.0. The average Bonchev–Trinajstić information content (AvgIpc) is 3.18. The number of hydrogen-bond acceptors (Lipinski definition) is 5. The minimum Gasteiger partial charge on any atom is -0.598 e. The van der Waals surface area contributed by atoms with Gasteiger partial charge in [-0.3, -0.25) is 4.98 Å². The molecule has 4 aromatic rings. The number of pyridine rings is 1. The summed E-state index contributed by atoms with van der Waals surface area (Å²) in [6, 6.07) is 19.6. The van der Waals surface area contributed by atoms with Gasteiger partial charge >= 0.3 is 0 Å². The van der Waals surface area contributed by atoms with Crippen molar-refractivity contribution in [2.45, 2.75) is 38.0 Å². The predicted molar refractivity (Wildman–Crippen MR) is 129 cm³/mol. The lowest BCUT2D eigenvalue weighted by Crippen LogP contribution is -2.42. The molecule has 0 aliphatic heterocycles. The highest BCUT2D eigenvalue weighted by Crippen LogP contribution is 2.35. The van der Waals surface area contributed by atoms with Gasteiger partial charge in [0.15, 0.2) is 5.58 Å². The van der Waals surface area contributed by atoms with Crippen LogP contribution >= 0.6 is 15.9 Å². The monoisotopic (exact) mass is 497 g/mol. The molecule has 1 N–H and O–H groups in total. The van der Waals surface area contributed by atoms with Gasteiger partial charge in [-0.05, 0) is 66.5 Å². The molecule has 2 atom stereocenters. The van der Waals surface area contributed by atoms with Gasteiger partial charge in [0.1, 0.15) is 10.4 Å². The molecule has 0 amide bonds. The van der Waals surface area contributed by atoms with Gasteiger partial charge in [-0.15, -0.1) is 4.72 Å². The van der Waals surface area contributed by atoms with Crippen molar-refractivity contribution < 1.29 is 9.08 Å². The van der Waals surface area contributed by atoms with Gasteiger partial charge in [-0.2, -0.15) is 0 Å². The minimum atomic E-state index is -1.26. The smallest absolute Gasteiger partial charge is 0.167 e. The molecule has 0 saturated carbocycles. The van der Waals surface area contributed by atoms with Crippen molar-refractivity contribution in [1.82, 2.24) is 14.9 Å². The van der Waals surface area contributed by atoms with Crippen LogP contribution in [-0.2, 0) is 17.8 Å².